The van der Waals surface area contributed by atoms with Crippen LogP contribution >= 0.6 is 0 Å². The molecule has 0 aliphatic rings. The maximum Gasteiger partial charge on any atom is 0.159 e. The Morgan fingerprint density at radius 1 is 0.727 bits per heavy atom. The van der Waals surface area contributed by atoms with Crippen LogP contribution in [0.4, 0.5) is 0 Å². The molecule has 0 fully saturated rings. The number of nitrogens with zero attached hydrogens (tertiary/aromatic N) is 2. The van der Waals surface area contributed by atoms with E-state index in [1.807, 2.05) is 12.4 Å². The fraction of sp³-hybridized carbons (Fsp3) is 0.200. The number of rotatable bonds is 4. The van der Waals surface area contributed by atoms with Gasteiger partial charge in [-0.15, -0.1) is 0 Å². The second-order valence-electron chi connectivity index (χ2n) is 5.61. The molecule has 0 radical (unpaired) electrons. The molecule has 110 valence electrons. The van der Waals surface area contributed by atoms with Crippen molar-refractivity contribution >= 4 is 0 Å². The number of benzene rings is 2. The summed E-state index contributed by atoms with van der Waals surface area (Å²) in [4.78, 5) is 8.94. The van der Waals surface area contributed by atoms with Crippen LogP contribution in [0.25, 0.3) is 22.5 Å². The molecule has 0 spiro atoms. The largest absolute Gasteiger partial charge is 0.236 e. The molecule has 0 N–H and O–H groups in total. The quantitative estimate of drug-likeness (QED) is 0.669. The summed E-state index contributed by atoms with van der Waals surface area (Å²) in [5, 5.41) is 0. The molecule has 0 saturated carbocycles. The average Bonchev–Trinajstić information content (AvgIpc) is 2.57. The fourth-order valence-corrected chi connectivity index (χ4v) is 2.48. The van der Waals surface area contributed by atoms with Gasteiger partial charge in [-0.05, 0) is 30.0 Å². The molecule has 0 bridgehead atoms. The van der Waals surface area contributed by atoms with Crippen LogP contribution in [0.15, 0.2) is 60.9 Å². The van der Waals surface area contributed by atoms with Crippen molar-refractivity contribution in [1.29, 1.82) is 0 Å². The predicted molar refractivity (Wildman–Crippen MR) is 91.6 cm³/mol. The van der Waals surface area contributed by atoms with Crippen molar-refractivity contribution in [2.45, 2.75) is 26.7 Å². The van der Waals surface area contributed by atoms with Crippen LogP contribution in [-0.4, -0.2) is 9.97 Å². The predicted octanol–water partition coefficient (Wildman–Crippen LogP) is 5.07. The molecule has 22 heavy (non-hydrogen) atoms. The van der Waals surface area contributed by atoms with Gasteiger partial charge >= 0.3 is 0 Å². The van der Waals surface area contributed by atoms with Gasteiger partial charge in [0.2, 0.25) is 0 Å². The zero-order valence-corrected chi connectivity index (χ0v) is 13.1. The molecule has 2 aromatic carbocycles. The van der Waals surface area contributed by atoms with E-state index in [0.717, 1.165) is 24.2 Å². The van der Waals surface area contributed by atoms with Crippen molar-refractivity contribution < 1.29 is 0 Å². The molecule has 0 saturated heterocycles. The Kier molecular flexibility index (Phi) is 4.29. The summed E-state index contributed by atoms with van der Waals surface area (Å²) < 4.78 is 0. The Morgan fingerprint density at radius 3 is 1.77 bits per heavy atom. The second kappa shape index (κ2) is 6.52. The van der Waals surface area contributed by atoms with E-state index in [4.69, 9.17) is 0 Å². The molecule has 1 heterocycles. The van der Waals surface area contributed by atoms with Crippen molar-refractivity contribution in [2.75, 3.05) is 0 Å². The van der Waals surface area contributed by atoms with Crippen LogP contribution < -0.4 is 0 Å². The molecular weight excluding hydrogens is 268 g/mol. The lowest BCUT2D eigenvalue weighted by Crippen LogP contribution is -1.92. The third kappa shape index (κ3) is 3.22. The van der Waals surface area contributed by atoms with Gasteiger partial charge in [-0.3, -0.25) is 0 Å². The van der Waals surface area contributed by atoms with Crippen molar-refractivity contribution in [3.8, 4) is 22.5 Å². The van der Waals surface area contributed by atoms with E-state index in [1.54, 1.807) is 0 Å². The van der Waals surface area contributed by atoms with Crippen LogP contribution in [-0.2, 0) is 6.42 Å². The lowest BCUT2D eigenvalue weighted by Gasteiger charge is -2.05. The zero-order valence-electron chi connectivity index (χ0n) is 13.1. The minimum Gasteiger partial charge on any atom is -0.236 e. The van der Waals surface area contributed by atoms with Crippen LogP contribution in [0.2, 0.25) is 0 Å². The Hall–Kier alpha value is -2.48. The maximum absolute atomic E-state index is 4.47. The molecule has 3 aromatic rings. The van der Waals surface area contributed by atoms with E-state index in [2.05, 4.69) is 72.3 Å². The van der Waals surface area contributed by atoms with Gasteiger partial charge in [0.05, 0.1) is 0 Å². The molecule has 0 atom stereocenters. The molecule has 0 aliphatic carbocycles. The zero-order chi connectivity index (χ0) is 15.4. The van der Waals surface area contributed by atoms with E-state index in [0.29, 0.717) is 0 Å². The Bertz CT molecular complexity index is 726. The van der Waals surface area contributed by atoms with Crippen LogP contribution in [0, 0.1) is 6.92 Å². The fourth-order valence-electron chi connectivity index (χ4n) is 2.48. The van der Waals surface area contributed by atoms with Crippen LogP contribution in [0.1, 0.15) is 24.5 Å². The summed E-state index contributed by atoms with van der Waals surface area (Å²) in [5.41, 5.74) is 5.98. The molecule has 2 heteroatoms. The van der Waals surface area contributed by atoms with E-state index in [1.165, 1.54) is 22.3 Å². The van der Waals surface area contributed by atoms with Crippen molar-refractivity contribution in [3.05, 3.63) is 72.1 Å². The van der Waals surface area contributed by atoms with E-state index < -0.39 is 0 Å². The van der Waals surface area contributed by atoms with Gasteiger partial charge in [-0.1, -0.05) is 67.4 Å². The first-order valence-electron chi connectivity index (χ1n) is 7.74. The molecule has 3 rings (SSSR count). The van der Waals surface area contributed by atoms with Gasteiger partial charge in [0.25, 0.3) is 0 Å². The van der Waals surface area contributed by atoms with Gasteiger partial charge < -0.3 is 0 Å². The minimum absolute atomic E-state index is 0.787. The summed E-state index contributed by atoms with van der Waals surface area (Å²) in [6, 6.07) is 17.0. The van der Waals surface area contributed by atoms with Crippen molar-refractivity contribution in [2.24, 2.45) is 0 Å². The molecule has 2 nitrogen and oxygen atoms in total. The molecule has 1 aromatic heterocycles. The van der Waals surface area contributed by atoms with E-state index in [9.17, 15) is 0 Å². The topological polar surface area (TPSA) is 25.8 Å². The van der Waals surface area contributed by atoms with Gasteiger partial charge in [0, 0.05) is 18.0 Å². The number of hydrogen-bond donors (Lipinski definition) is 0. The van der Waals surface area contributed by atoms with Gasteiger partial charge in [-0.25, -0.2) is 9.97 Å². The summed E-state index contributed by atoms with van der Waals surface area (Å²) in [6.45, 7) is 4.27. The lowest BCUT2D eigenvalue weighted by atomic mass is 10.0. The van der Waals surface area contributed by atoms with E-state index >= 15 is 0 Å². The second-order valence-corrected chi connectivity index (χ2v) is 5.61. The van der Waals surface area contributed by atoms with Crippen molar-refractivity contribution in [1.82, 2.24) is 9.97 Å². The standard InChI is InChI=1S/C20H20N2/c1-3-4-16-13-21-20(22-14-16)19-11-9-18(10-12-19)17-7-5-15(2)6-8-17/h5-14H,3-4H2,1-2H3. The van der Waals surface area contributed by atoms with Crippen LogP contribution in [0.3, 0.4) is 0 Å². The van der Waals surface area contributed by atoms with Gasteiger partial charge in [0.15, 0.2) is 5.82 Å². The monoisotopic (exact) mass is 288 g/mol. The van der Waals surface area contributed by atoms with Crippen molar-refractivity contribution in [3.63, 3.8) is 0 Å². The van der Waals surface area contributed by atoms with Gasteiger partial charge in [-0.2, -0.15) is 0 Å². The summed E-state index contributed by atoms with van der Waals surface area (Å²) in [5.74, 6) is 0.787. The Morgan fingerprint density at radius 2 is 1.23 bits per heavy atom. The molecule has 0 unspecified atom stereocenters. The summed E-state index contributed by atoms with van der Waals surface area (Å²) in [7, 11) is 0. The highest BCUT2D eigenvalue weighted by molar-refractivity contribution is 5.67. The third-order valence-electron chi connectivity index (χ3n) is 3.77. The smallest absolute Gasteiger partial charge is 0.159 e. The first-order valence-corrected chi connectivity index (χ1v) is 7.74. The number of hydrogen-bond acceptors (Lipinski definition) is 2. The maximum atomic E-state index is 4.47. The summed E-state index contributed by atoms with van der Waals surface area (Å²) >= 11 is 0. The Labute approximate surface area is 131 Å². The normalized spacial score (nSPS) is 10.6. The molecule has 0 aliphatic heterocycles. The number of aryl methyl sites for hydroxylation is 2. The van der Waals surface area contributed by atoms with Crippen LogP contribution in [0.5, 0.6) is 0 Å². The minimum atomic E-state index is 0.787. The lowest BCUT2D eigenvalue weighted by molar-refractivity contribution is 0.902. The van der Waals surface area contributed by atoms with E-state index in [-0.39, 0.29) is 0 Å². The first kappa shape index (κ1) is 14.5. The third-order valence-corrected chi connectivity index (χ3v) is 3.77. The average molecular weight is 288 g/mol. The highest BCUT2D eigenvalue weighted by Crippen LogP contribution is 2.23. The SMILES string of the molecule is CCCc1cnc(-c2ccc(-c3ccc(C)cc3)cc2)nc1. The highest BCUT2D eigenvalue weighted by Gasteiger charge is 2.03. The highest BCUT2D eigenvalue weighted by atomic mass is 14.9. The molecule has 0 amide bonds. The summed E-state index contributed by atoms with van der Waals surface area (Å²) in [6.07, 6.45) is 6.01. The Balaban J connectivity index is 1.83. The number of aromatic nitrogens is 2. The molecular formula is C20H20N2. The van der Waals surface area contributed by atoms with Gasteiger partial charge in [0.1, 0.15) is 0 Å². The first-order chi connectivity index (χ1) is 10.8.